The third-order valence-corrected chi connectivity index (χ3v) is 5.03. The van der Waals surface area contributed by atoms with Crippen molar-refractivity contribution in [2.24, 2.45) is 0 Å². The Labute approximate surface area is 162 Å². The van der Waals surface area contributed by atoms with Crippen LogP contribution in [0.25, 0.3) is 11.5 Å². The van der Waals surface area contributed by atoms with Gasteiger partial charge in [-0.05, 0) is 50.6 Å². The molecule has 1 aliphatic heterocycles. The molecule has 0 bridgehead atoms. The van der Waals surface area contributed by atoms with Gasteiger partial charge in [0.05, 0.1) is 18.7 Å². The molecule has 0 saturated carbocycles. The van der Waals surface area contributed by atoms with Crippen LogP contribution in [-0.2, 0) is 16.0 Å². The average molecular weight is 389 g/mol. The van der Waals surface area contributed by atoms with Gasteiger partial charge in [0.1, 0.15) is 12.1 Å². The van der Waals surface area contributed by atoms with Crippen LogP contribution in [0.3, 0.4) is 0 Å². The molecule has 150 valence electrons. The number of carbonyl (C=O) groups excluding carboxylic acids is 1. The fourth-order valence-electron chi connectivity index (χ4n) is 3.49. The van der Waals surface area contributed by atoms with E-state index in [9.17, 15) is 14.0 Å². The van der Waals surface area contributed by atoms with Gasteiger partial charge < -0.3 is 14.4 Å². The van der Waals surface area contributed by atoms with E-state index in [1.807, 2.05) is 11.9 Å². The van der Waals surface area contributed by atoms with E-state index >= 15 is 0 Å². The number of carboxylic acids is 1. The van der Waals surface area contributed by atoms with Crippen LogP contribution in [0.5, 0.6) is 0 Å². The Bertz CT molecular complexity index is 821. The smallest absolute Gasteiger partial charge is 0.317 e. The minimum absolute atomic E-state index is 0.00369. The van der Waals surface area contributed by atoms with Gasteiger partial charge in [-0.1, -0.05) is 0 Å². The number of aliphatic carboxylic acids is 1. The van der Waals surface area contributed by atoms with Crippen LogP contribution >= 0.6 is 0 Å². The minimum Gasteiger partial charge on any atom is -0.480 e. The molecule has 1 aromatic carbocycles. The van der Waals surface area contributed by atoms with Crippen LogP contribution in [0.15, 0.2) is 34.9 Å². The van der Waals surface area contributed by atoms with Gasteiger partial charge in [0.2, 0.25) is 11.8 Å². The van der Waals surface area contributed by atoms with Gasteiger partial charge in [-0.2, -0.15) is 0 Å². The lowest BCUT2D eigenvalue weighted by atomic mass is 10.1. The first kappa shape index (κ1) is 20.0. The second kappa shape index (κ2) is 8.97. The Morgan fingerprint density at radius 1 is 1.29 bits per heavy atom. The van der Waals surface area contributed by atoms with E-state index < -0.39 is 5.97 Å². The van der Waals surface area contributed by atoms with Crippen molar-refractivity contribution in [1.29, 1.82) is 0 Å². The molecule has 0 spiro atoms. The first-order valence-corrected chi connectivity index (χ1v) is 9.32. The van der Waals surface area contributed by atoms with Crippen LogP contribution in [-0.4, -0.2) is 64.5 Å². The number of rotatable bonds is 6. The lowest BCUT2D eigenvalue weighted by Gasteiger charge is -2.25. The SMILES string of the molecule is CN(CC(=O)O)C1CCCN(C(=O)Cc2coc(-c3ccc(F)cc3)n2)CC1. The third-order valence-electron chi connectivity index (χ3n) is 5.03. The summed E-state index contributed by atoms with van der Waals surface area (Å²) in [4.78, 5) is 31.5. The van der Waals surface area contributed by atoms with Gasteiger partial charge in [-0.25, -0.2) is 9.37 Å². The molecule has 28 heavy (non-hydrogen) atoms. The second-order valence-corrected chi connectivity index (χ2v) is 7.10. The molecule has 2 heterocycles. The molecule has 7 nitrogen and oxygen atoms in total. The van der Waals surface area contributed by atoms with Crippen molar-refractivity contribution in [3.05, 3.63) is 42.0 Å². The number of amides is 1. The first-order chi connectivity index (χ1) is 13.4. The van der Waals surface area contributed by atoms with E-state index in [1.165, 1.54) is 18.4 Å². The summed E-state index contributed by atoms with van der Waals surface area (Å²) in [6, 6.07) is 5.98. The highest BCUT2D eigenvalue weighted by molar-refractivity contribution is 5.78. The third kappa shape index (κ3) is 5.16. The van der Waals surface area contributed by atoms with Gasteiger partial charge in [-0.3, -0.25) is 14.5 Å². The highest BCUT2D eigenvalue weighted by Gasteiger charge is 2.24. The first-order valence-electron chi connectivity index (χ1n) is 9.32. The van der Waals surface area contributed by atoms with E-state index in [0.29, 0.717) is 30.2 Å². The summed E-state index contributed by atoms with van der Waals surface area (Å²) in [5, 5.41) is 8.95. The average Bonchev–Trinajstić information content (AvgIpc) is 2.96. The van der Waals surface area contributed by atoms with Crippen LogP contribution in [0.1, 0.15) is 25.0 Å². The summed E-state index contributed by atoms with van der Waals surface area (Å²) in [5.74, 6) is -0.851. The van der Waals surface area contributed by atoms with Crippen LogP contribution in [0.4, 0.5) is 4.39 Å². The van der Waals surface area contributed by atoms with Crippen molar-refractivity contribution in [2.45, 2.75) is 31.7 Å². The van der Waals surface area contributed by atoms with Gasteiger partial charge in [-0.15, -0.1) is 0 Å². The molecule has 1 saturated heterocycles. The zero-order chi connectivity index (χ0) is 20.1. The lowest BCUT2D eigenvalue weighted by Crippen LogP contribution is -2.37. The summed E-state index contributed by atoms with van der Waals surface area (Å²) in [5.41, 5.74) is 1.19. The number of aromatic nitrogens is 1. The van der Waals surface area contributed by atoms with Crippen molar-refractivity contribution in [3.63, 3.8) is 0 Å². The summed E-state index contributed by atoms with van der Waals surface area (Å²) in [6.07, 6.45) is 4.04. The van der Waals surface area contributed by atoms with E-state index in [1.54, 1.807) is 17.0 Å². The molecular weight excluding hydrogens is 365 g/mol. The summed E-state index contributed by atoms with van der Waals surface area (Å²) < 4.78 is 18.4. The standard InChI is InChI=1S/C20H24FN3O4/c1-23(12-19(26)27)17-3-2-9-24(10-8-17)18(25)11-16-13-28-20(22-16)14-4-6-15(21)7-5-14/h4-7,13,17H,2-3,8-12H2,1H3,(H,26,27). The predicted molar refractivity (Wildman–Crippen MR) is 100 cm³/mol. The normalized spacial score (nSPS) is 17.5. The van der Waals surface area contributed by atoms with Crippen LogP contribution < -0.4 is 0 Å². The van der Waals surface area contributed by atoms with Crippen LogP contribution in [0, 0.1) is 5.82 Å². The van der Waals surface area contributed by atoms with E-state index in [0.717, 1.165) is 19.3 Å². The summed E-state index contributed by atoms with van der Waals surface area (Å²) >= 11 is 0. The number of likely N-dealkylation sites (N-methyl/N-ethyl adjacent to an activating group) is 1. The van der Waals surface area contributed by atoms with Gasteiger partial charge in [0, 0.05) is 24.7 Å². The molecule has 8 heteroatoms. The van der Waals surface area contributed by atoms with Crippen molar-refractivity contribution in [1.82, 2.24) is 14.8 Å². The number of likely N-dealkylation sites (tertiary alicyclic amines) is 1. The quantitative estimate of drug-likeness (QED) is 0.817. The number of hydrogen-bond donors (Lipinski definition) is 1. The maximum absolute atomic E-state index is 13.0. The summed E-state index contributed by atoms with van der Waals surface area (Å²) in [7, 11) is 1.81. The monoisotopic (exact) mass is 389 g/mol. The Morgan fingerprint density at radius 2 is 2.04 bits per heavy atom. The number of carbonyl (C=O) groups is 2. The molecule has 1 unspecified atom stereocenters. The minimum atomic E-state index is -0.845. The number of carboxylic acid groups (broad SMARTS) is 1. The second-order valence-electron chi connectivity index (χ2n) is 7.10. The Morgan fingerprint density at radius 3 is 2.75 bits per heavy atom. The van der Waals surface area contributed by atoms with E-state index in [2.05, 4.69) is 4.98 Å². The maximum atomic E-state index is 13.0. The zero-order valence-electron chi connectivity index (χ0n) is 15.8. The molecule has 2 aromatic rings. The molecule has 3 rings (SSSR count). The molecule has 0 aliphatic carbocycles. The predicted octanol–water partition coefficient (Wildman–Crippen LogP) is 2.42. The molecule has 1 atom stereocenters. The Balaban J connectivity index is 1.56. The maximum Gasteiger partial charge on any atom is 0.317 e. The molecule has 1 aliphatic rings. The number of benzene rings is 1. The molecule has 1 amide bonds. The topological polar surface area (TPSA) is 86.9 Å². The van der Waals surface area contributed by atoms with Gasteiger partial charge in [0.25, 0.3) is 0 Å². The molecule has 1 aromatic heterocycles. The van der Waals surface area contributed by atoms with Crippen molar-refractivity contribution in [2.75, 3.05) is 26.7 Å². The highest BCUT2D eigenvalue weighted by Crippen LogP contribution is 2.20. The van der Waals surface area contributed by atoms with Gasteiger partial charge in [0.15, 0.2) is 0 Å². The molecular formula is C20H24FN3O4. The molecule has 1 fully saturated rings. The highest BCUT2D eigenvalue weighted by atomic mass is 19.1. The largest absolute Gasteiger partial charge is 0.480 e. The number of hydrogen-bond acceptors (Lipinski definition) is 5. The number of halogens is 1. The zero-order valence-corrected chi connectivity index (χ0v) is 15.8. The Hall–Kier alpha value is -2.74. The fourth-order valence-corrected chi connectivity index (χ4v) is 3.49. The number of oxazole rings is 1. The number of nitrogens with zero attached hydrogens (tertiary/aromatic N) is 3. The fraction of sp³-hybridized carbons (Fsp3) is 0.450. The van der Waals surface area contributed by atoms with Crippen molar-refractivity contribution < 1.29 is 23.5 Å². The van der Waals surface area contributed by atoms with E-state index in [4.69, 9.17) is 9.52 Å². The van der Waals surface area contributed by atoms with Gasteiger partial charge >= 0.3 is 5.97 Å². The summed E-state index contributed by atoms with van der Waals surface area (Å²) in [6.45, 7) is 1.25. The Kier molecular flexibility index (Phi) is 6.41. The molecule has 1 N–H and O–H groups in total. The van der Waals surface area contributed by atoms with E-state index in [-0.39, 0.29) is 30.7 Å². The van der Waals surface area contributed by atoms with Crippen LogP contribution in [0.2, 0.25) is 0 Å². The molecule has 0 radical (unpaired) electrons. The lowest BCUT2D eigenvalue weighted by molar-refractivity contribution is -0.138. The van der Waals surface area contributed by atoms with Crippen molar-refractivity contribution >= 4 is 11.9 Å². The van der Waals surface area contributed by atoms with Crippen molar-refractivity contribution in [3.8, 4) is 11.5 Å².